The number of carbonyl (C=O) groups is 2. The number of benzene rings is 2. The Labute approximate surface area is 199 Å². The summed E-state index contributed by atoms with van der Waals surface area (Å²) in [6, 6.07) is 11.6. The zero-order chi connectivity index (χ0) is 25.0. The Hall–Kier alpha value is -3.21. The molecule has 10 heteroatoms. The molecule has 0 bridgehead atoms. The van der Waals surface area contributed by atoms with E-state index < -0.39 is 27.8 Å². The van der Waals surface area contributed by atoms with Crippen LogP contribution in [-0.2, 0) is 24.3 Å². The maximum atomic E-state index is 13.0. The first-order valence-electron chi connectivity index (χ1n) is 10.6. The number of nitrogens with zero attached hydrogens (tertiary/aromatic N) is 2. The standard InChI is InChI=1S/C24H28N2O7S/c1-25(2)34(30,31)19-12-8-17(9-13-19)22(27)20-21(16-6-10-18(33-4)11-7-16)26(14-5-15-32-3)24(29)23(20)28/h6-13,21,27H,5,14-15H2,1-4H3/t21-/m1/s1. The highest BCUT2D eigenvalue weighted by molar-refractivity contribution is 7.89. The lowest BCUT2D eigenvalue weighted by Gasteiger charge is -2.25. The van der Waals surface area contributed by atoms with Crippen molar-refractivity contribution in [2.75, 3.05) is 41.5 Å². The number of ketones is 1. The molecule has 0 saturated carbocycles. The van der Waals surface area contributed by atoms with Crippen LogP contribution in [-0.4, -0.2) is 75.9 Å². The Bertz CT molecular complexity index is 1190. The van der Waals surface area contributed by atoms with Gasteiger partial charge >= 0.3 is 0 Å². The number of aliphatic hydroxyl groups excluding tert-OH is 1. The third-order valence-corrected chi connectivity index (χ3v) is 7.45. The number of amides is 1. The second-order valence-corrected chi connectivity index (χ2v) is 10.1. The van der Waals surface area contributed by atoms with E-state index in [2.05, 4.69) is 0 Å². The van der Waals surface area contributed by atoms with Crippen LogP contribution in [0.15, 0.2) is 59.0 Å². The van der Waals surface area contributed by atoms with Gasteiger partial charge in [0.15, 0.2) is 0 Å². The van der Waals surface area contributed by atoms with Gasteiger partial charge in [0.25, 0.3) is 11.7 Å². The lowest BCUT2D eigenvalue weighted by molar-refractivity contribution is -0.140. The van der Waals surface area contributed by atoms with Crippen molar-refractivity contribution in [2.45, 2.75) is 17.4 Å². The third kappa shape index (κ3) is 4.84. The lowest BCUT2D eigenvalue weighted by atomic mass is 9.95. The van der Waals surface area contributed by atoms with Crippen LogP contribution in [0.1, 0.15) is 23.6 Å². The minimum Gasteiger partial charge on any atom is -0.507 e. The van der Waals surface area contributed by atoms with E-state index in [9.17, 15) is 23.1 Å². The van der Waals surface area contributed by atoms with Gasteiger partial charge in [0.2, 0.25) is 10.0 Å². The van der Waals surface area contributed by atoms with E-state index in [1.165, 1.54) is 50.4 Å². The Balaban J connectivity index is 2.09. The van der Waals surface area contributed by atoms with Gasteiger partial charge in [0.05, 0.1) is 23.6 Å². The number of sulfonamides is 1. The molecule has 9 nitrogen and oxygen atoms in total. The molecular weight excluding hydrogens is 460 g/mol. The van der Waals surface area contributed by atoms with Crippen LogP contribution in [0, 0.1) is 0 Å². The largest absolute Gasteiger partial charge is 0.507 e. The molecule has 1 heterocycles. The van der Waals surface area contributed by atoms with Crippen LogP contribution < -0.4 is 4.74 Å². The minimum atomic E-state index is -3.66. The van der Waals surface area contributed by atoms with Crippen molar-refractivity contribution in [1.82, 2.24) is 9.21 Å². The number of rotatable bonds is 9. The molecule has 2 aromatic rings. The number of carbonyl (C=O) groups excluding carboxylic acids is 2. The maximum Gasteiger partial charge on any atom is 0.295 e. The Kier molecular flexibility index (Phi) is 7.75. The fourth-order valence-corrected chi connectivity index (χ4v) is 4.68. The molecule has 1 fully saturated rings. The molecule has 0 unspecified atom stereocenters. The van der Waals surface area contributed by atoms with Crippen LogP contribution >= 0.6 is 0 Å². The molecular formula is C24H28N2O7S. The van der Waals surface area contributed by atoms with Crippen LogP contribution in [0.25, 0.3) is 5.76 Å². The van der Waals surface area contributed by atoms with E-state index in [0.717, 1.165) is 4.31 Å². The molecule has 1 aliphatic rings. The average molecular weight is 489 g/mol. The maximum absolute atomic E-state index is 13.0. The number of hydrogen-bond donors (Lipinski definition) is 1. The van der Waals surface area contributed by atoms with E-state index in [4.69, 9.17) is 9.47 Å². The third-order valence-electron chi connectivity index (χ3n) is 5.63. The van der Waals surface area contributed by atoms with Crippen molar-refractivity contribution in [3.8, 4) is 5.75 Å². The summed E-state index contributed by atoms with van der Waals surface area (Å²) in [5.74, 6) is -1.29. The molecule has 3 rings (SSSR count). The monoisotopic (exact) mass is 488 g/mol. The van der Waals surface area contributed by atoms with E-state index in [0.29, 0.717) is 24.3 Å². The summed E-state index contributed by atoms with van der Waals surface area (Å²) in [4.78, 5) is 27.4. The van der Waals surface area contributed by atoms with E-state index in [1.807, 2.05) is 0 Å². The number of aliphatic hydroxyl groups is 1. The highest BCUT2D eigenvalue weighted by Gasteiger charge is 2.45. The SMILES string of the molecule is COCCCN1C(=O)C(=O)C(=C(O)c2ccc(S(=O)(=O)N(C)C)cc2)[C@H]1c1ccc(OC)cc1. The summed E-state index contributed by atoms with van der Waals surface area (Å²) in [6.07, 6.45) is 0.507. The van der Waals surface area contributed by atoms with E-state index in [1.54, 1.807) is 31.4 Å². The summed E-state index contributed by atoms with van der Waals surface area (Å²) in [5, 5.41) is 11.1. The highest BCUT2D eigenvalue weighted by atomic mass is 32.2. The molecule has 1 saturated heterocycles. The normalized spacial score (nSPS) is 18.0. The lowest BCUT2D eigenvalue weighted by Crippen LogP contribution is -2.31. The molecule has 0 aromatic heterocycles. The summed E-state index contributed by atoms with van der Waals surface area (Å²) in [7, 11) is 2.27. The van der Waals surface area contributed by atoms with Gasteiger partial charge < -0.3 is 19.5 Å². The fourth-order valence-electron chi connectivity index (χ4n) is 3.77. The van der Waals surface area contributed by atoms with Gasteiger partial charge in [-0.2, -0.15) is 0 Å². The highest BCUT2D eigenvalue weighted by Crippen LogP contribution is 2.40. The number of likely N-dealkylation sites (tertiary alicyclic amines) is 1. The van der Waals surface area contributed by atoms with E-state index >= 15 is 0 Å². The number of Topliss-reactive ketones (excluding diaryl/α,β-unsaturated/α-hetero) is 1. The van der Waals surface area contributed by atoms with Crippen LogP contribution in [0.4, 0.5) is 0 Å². The van der Waals surface area contributed by atoms with E-state index in [-0.39, 0.29) is 28.3 Å². The Morgan fingerprint density at radius 3 is 2.18 bits per heavy atom. The zero-order valence-electron chi connectivity index (χ0n) is 19.5. The molecule has 0 aliphatic carbocycles. The Morgan fingerprint density at radius 1 is 1.03 bits per heavy atom. The molecule has 1 amide bonds. The van der Waals surface area contributed by atoms with Crippen LogP contribution in [0.3, 0.4) is 0 Å². The van der Waals surface area contributed by atoms with Crippen molar-refractivity contribution in [3.63, 3.8) is 0 Å². The van der Waals surface area contributed by atoms with Gasteiger partial charge in [-0.05, 0) is 48.4 Å². The second-order valence-electron chi connectivity index (χ2n) is 7.92. The van der Waals surface area contributed by atoms with Crippen molar-refractivity contribution in [2.24, 2.45) is 0 Å². The summed E-state index contributed by atoms with van der Waals surface area (Å²) >= 11 is 0. The quantitative estimate of drug-likeness (QED) is 0.250. The molecule has 1 N–H and O–H groups in total. The fraction of sp³-hybridized carbons (Fsp3) is 0.333. The molecule has 2 aromatic carbocycles. The second kappa shape index (κ2) is 10.4. The van der Waals surface area contributed by atoms with Crippen molar-refractivity contribution >= 4 is 27.5 Å². The predicted octanol–water partition coefficient (Wildman–Crippen LogP) is 2.40. The zero-order valence-corrected chi connectivity index (χ0v) is 20.3. The molecule has 34 heavy (non-hydrogen) atoms. The first-order chi connectivity index (χ1) is 16.1. The molecule has 1 aliphatic heterocycles. The van der Waals surface area contributed by atoms with Crippen LogP contribution in [0.2, 0.25) is 0 Å². The predicted molar refractivity (Wildman–Crippen MR) is 126 cm³/mol. The first kappa shape index (κ1) is 25.4. The first-order valence-corrected chi connectivity index (χ1v) is 12.0. The minimum absolute atomic E-state index is 0.0424. The summed E-state index contributed by atoms with van der Waals surface area (Å²) in [5.41, 5.74) is 0.799. The topological polar surface area (TPSA) is 113 Å². The number of methoxy groups -OCH3 is 2. The van der Waals surface area contributed by atoms with Crippen molar-refractivity contribution < 1.29 is 32.6 Å². The van der Waals surface area contributed by atoms with Gasteiger partial charge in [-0.15, -0.1) is 0 Å². The smallest absolute Gasteiger partial charge is 0.295 e. The molecule has 0 spiro atoms. The number of hydrogen-bond acceptors (Lipinski definition) is 7. The van der Waals surface area contributed by atoms with Gasteiger partial charge in [-0.1, -0.05) is 12.1 Å². The molecule has 0 radical (unpaired) electrons. The van der Waals surface area contributed by atoms with Gasteiger partial charge in [-0.3, -0.25) is 9.59 Å². The van der Waals surface area contributed by atoms with Gasteiger partial charge in [-0.25, -0.2) is 12.7 Å². The summed E-state index contributed by atoms with van der Waals surface area (Å²) < 4.78 is 36.1. The Morgan fingerprint density at radius 2 is 1.65 bits per heavy atom. The molecule has 182 valence electrons. The number of ether oxygens (including phenoxy) is 2. The average Bonchev–Trinajstić information content (AvgIpc) is 3.08. The van der Waals surface area contributed by atoms with Crippen molar-refractivity contribution in [3.05, 3.63) is 65.2 Å². The van der Waals surface area contributed by atoms with Gasteiger partial charge in [0.1, 0.15) is 11.5 Å². The van der Waals surface area contributed by atoms with Gasteiger partial charge in [0, 0.05) is 39.9 Å². The molecule has 1 atom stereocenters. The summed E-state index contributed by atoms with van der Waals surface area (Å²) in [6.45, 7) is 0.659. The van der Waals surface area contributed by atoms with Crippen LogP contribution in [0.5, 0.6) is 5.75 Å². The van der Waals surface area contributed by atoms with Crippen molar-refractivity contribution in [1.29, 1.82) is 0 Å².